The number of hydrogen-bond donors (Lipinski definition) is 1. The zero-order valence-electron chi connectivity index (χ0n) is 9.41. The molecule has 19 heavy (non-hydrogen) atoms. The average molecular weight is 344 g/mol. The van der Waals surface area contributed by atoms with Gasteiger partial charge in [-0.05, 0) is 15.9 Å². The number of alkyl halides is 3. The van der Waals surface area contributed by atoms with Crippen LogP contribution in [0.15, 0.2) is 16.7 Å². The van der Waals surface area contributed by atoms with Gasteiger partial charge in [-0.15, -0.1) is 0 Å². The summed E-state index contributed by atoms with van der Waals surface area (Å²) in [6.07, 6.45) is -3.01. The minimum Gasteiger partial charge on any atom is -0.471 e. The van der Waals surface area contributed by atoms with E-state index >= 15 is 0 Å². The van der Waals surface area contributed by atoms with Crippen molar-refractivity contribution in [3.8, 4) is 5.88 Å². The van der Waals surface area contributed by atoms with Crippen LogP contribution in [0.25, 0.3) is 0 Å². The molecule has 0 aromatic carbocycles. The number of rotatable bonds is 6. The maximum Gasteiger partial charge on any atom is 0.401 e. The van der Waals surface area contributed by atoms with Gasteiger partial charge in [-0.3, -0.25) is 10.1 Å². The van der Waals surface area contributed by atoms with E-state index in [1.165, 1.54) is 12.3 Å². The Bertz CT molecular complexity index is 456. The molecule has 1 aromatic rings. The fourth-order valence-electron chi connectivity index (χ4n) is 1.11. The Morgan fingerprint density at radius 1 is 1.53 bits per heavy atom. The second kappa shape index (κ2) is 6.66. The van der Waals surface area contributed by atoms with Crippen LogP contribution in [0.5, 0.6) is 5.88 Å². The van der Waals surface area contributed by atoms with Gasteiger partial charge in [0.15, 0.2) is 0 Å². The predicted molar refractivity (Wildman–Crippen MR) is 63.0 cm³/mol. The highest BCUT2D eigenvalue weighted by atomic mass is 79.9. The summed E-state index contributed by atoms with van der Waals surface area (Å²) in [4.78, 5) is 13.7. The van der Waals surface area contributed by atoms with Crippen molar-refractivity contribution in [2.45, 2.75) is 6.18 Å². The normalized spacial score (nSPS) is 11.4. The van der Waals surface area contributed by atoms with E-state index in [0.29, 0.717) is 4.47 Å². The van der Waals surface area contributed by atoms with Crippen molar-refractivity contribution in [1.29, 1.82) is 0 Å². The van der Waals surface area contributed by atoms with Gasteiger partial charge in [0.2, 0.25) is 0 Å². The lowest BCUT2D eigenvalue weighted by Gasteiger charge is -2.09. The second-order valence-corrected chi connectivity index (χ2v) is 4.29. The largest absolute Gasteiger partial charge is 0.471 e. The zero-order valence-corrected chi connectivity index (χ0v) is 11.0. The van der Waals surface area contributed by atoms with E-state index in [2.05, 4.69) is 26.2 Å². The minimum absolute atomic E-state index is 0.103. The van der Waals surface area contributed by atoms with Crippen LogP contribution in [0.1, 0.15) is 0 Å². The fourth-order valence-corrected chi connectivity index (χ4v) is 1.43. The van der Waals surface area contributed by atoms with Gasteiger partial charge in [0.05, 0.1) is 11.5 Å². The highest BCUT2D eigenvalue weighted by Crippen LogP contribution is 2.27. The first kappa shape index (κ1) is 15.6. The molecule has 10 heteroatoms. The van der Waals surface area contributed by atoms with Crippen molar-refractivity contribution in [2.75, 3.05) is 19.7 Å². The third-order valence-electron chi connectivity index (χ3n) is 1.84. The Morgan fingerprint density at radius 2 is 2.21 bits per heavy atom. The summed E-state index contributed by atoms with van der Waals surface area (Å²) in [5.74, 6) is -0.234. The van der Waals surface area contributed by atoms with Crippen LogP contribution in [0.4, 0.5) is 18.9 Å². The molecule has 1 rings (SSSR count). The van der Waals surface area contributed by atoms with Crippen molar-refractivity contribution >= 4 is 21.6 Å². The Labute approximate surface area is 114 Å². The van der Waals surface area contributed by atoms with Crippen molar-refractivity contribution in [3.63, 3.8) is 0 Å². The van der Waals surface area contributed by atoms with Crippen molar-refractivity contribution in [3.05, 3.63) is 26.9 Å². The van der Waals surface area contributed by atoms with E-state index in [-0.39, 0.29) is 24.7 Å². The molecular formula is C9H9BrF3N3O3. The maximum absolute atomic E-state index is 11.8. The topological polar surface area (TPSA) is 77.3 Å². The average Bonchev–Trinajstić information content (AvgIpc) is 2.28. The summed E-state index contributed by atoms with van der Waals surface area (Å²) in [7, 11) is 0. The van der Waals surface area contributed by atoms with Gasteiger partial charge >= 0.3 is 11.9 Å². The van der Waals surface area contributed by atoms with Crippen molar-refractivity contribution < 1.29 is 22.8 Å². The molecule has 106 valence electrons. The highest BCUT2D eigenvalue weighted by molar-refractivity contribution is 9.10. The van der Waals surface area contributed by atoms with E-state index in [0.717, 1.165) is 0 Å². The van der Waals surface area contributed by atoms with Crippen LogP contribution in [0, 0.1) is 10.1 Å². The number of halogens is 4. The van der Waals surface area contributed by atoms with Gasteiger partial charge < -0.3 is 10.1 Å². The molecule has 0 fully saturated rings. The fraction of sp³-hybridized carbons (Fsp3) is 0.444. The quantitative estimate of drug-likeness (QED) is 0.487. The number of nitrogens with one attached hydrogen (secondary N) is 1. The number of hydrogen-bond acceptors (Lipinski definition) is 5. The lowest BCUT2D eigenvalue weighted by atomic mass is 10.4. The highest BCUT2D eigenvalue weighted by Gasteiger charge is 2.26. The molecule has 0 bridgehead atoms. The molecule has 0 aliphatic rings. The number of aromatic nitrogens is 1. The van der Waals surface area contributed by atoms with E-state index < -0.39 is 17.6 Å². The van der Waals surface area contributed by atoms with Gasteiger partial charge in [-0.25, -0.2) is 4.98 Å². The number of nitro groups is 1. The Kier molecular flexibility index (Phi) is 5.48. The van der Waals surface area contributed by atoms with Crippen LogP contribution < -0.4 is 10.1 Å². The number of ether oxygens (including phenoxy) is 1. The number of pyridine rings is 1. The summed E-state index contributed by atoms with van der Waals surface area (Å²) in [6.45, 7) is -1.41. The molecule has 1 heterocycles. The summed E-state index contributed by atoms with van der Waals surface area (Å²) in [5.41, 5.74) is -0.356. The van der Waals surface area contributed by atoms with Crippen molar-refractivity contribution in [2.24, 2.45) is 0 Å². The van der Waals surface area contributed by atoms with Crippen LogP contribution in [-0.2, 0) is 0 Å². The minimum atomic E-state index is -4.30. The van der Waals surface area contributed by atoms with E-state index in [9.17, 15) is 23.3 Å². The SMILES string of the molecule is O=[N+]([O-])c1cc(Br)cnc1OCCNCC(F)(F)F. The van der Waals surface area contributed by atoms with Crippen molar-refractivity contribution in [1.82, 2.24) is 10.3 Å². The summed E-state index contributed by atoms with van der Waals surface area (Å²) >= 11 is 3.02. The molecule has 0 unspecified atom stereocenters. The molecule has 1 N–H and O–H groups in total. The molecule has 0 aliphatic heterocycles. The van der Waals surface area contributed by atoms with E-state index in [1.54, 1.807) is 0 Å². The first-order valence-electron chi connectivity index (χ1n) is 5.00. The Hall–Kier alpha value is -1.42. The van der Waals surface area contributed by atoms with E-state index in [4.69, 9.17) is 4.74 Å². The van der Waals surface area contributed by atoms with Gasteiger partial charge in [-0.1, -0.05) is 0 Å². The third-order valence-corrected chi connectivity index (χ3v) is 2.27. The monoisotopic (exact) mass is 343 g/mol. The maximum atomic E-state index is 11.8. The summed E-state index contributed by atoms with van der Waals surface area (Å²) < 4.78 is 40.8. The molecule has 0 saturated carbocycles. The first-order valence-corrected chi connectivity index (χ1v) is 5.79. The molecule has 0 amide bonds. The summed E-state index contributed by atoms with van der Waals surface area (Å²) in [6, 6.07) is 1.20. The van der Waals surface area contributed by atoms with Crippen LogP contribution in [-0.4, -0.2) is 35.8 Å². The number of nitrogens with zero attached hydrogens (tertiary/aromatic N) is 2. The molecule has 0 aliphatic carbocycles. The Balaban J connectivity index is 2.47. The lowest BCUT2D eigenvalue weighted by Crippen LogP contribution is -2.31. The second-order valence-electron chi connectivity index (χ2n) is 3.38. The molecule has 0 atom stereocenters. The van der Waals surface area contributed by atoms with E-state index in [1.807, 2.05) is 0 Å². The molecule has 0 saturated heterocycles. The summed E-state index contributed by atoms with van der Waals surface area (Å²) in [5, 5.41) is 12.8. The van der Waals surface area contributed by atoms with Gasteiger partial charge in [0, 0.05) is 23.3 Å². The molecule has 0 radical (unpaired) electrons. The smallest absolute Gasteiger partial charge is 0.401 e. The molecule has 6 nitrogen and oxygen atoms in total. The lowest BCUT2D eigenvalue weighted by molar-refractivity contribution is -0.386. The molecule has 0 spiro atoms. The predicted octanol–water partition coefficient (Wildman–Crippen LogP) is 2.28. The van der Waals surface area contributed by atoms with Crippen LogP contribution in [0.3, 0.4) is 0 Å². The first-order chi connectivity index (χ1) is 8.79. The van der Waals surface area contributed by atoms with Gasteiger partial charge in [0.25, 0.3) is 5.88 Å². The van der Waals surface area contributed by atoms with Crippen LogP contribution in [0.2, 0.25) is 0 Å². The third kappa shape index (κ3) is 5.83. The standard InChI is InChI=1S/C9H9BrF3N3O3/c10-6-3-7(16(17)18)8(15-4-6)19-2-1-14-5-9(11,12)13/h3-4,14H,1-2,5H2. The molecule has 1 aromatic heterocycles. The molecular weight excluding hydrogens is 335 g/mol. The van der Waals surface area contributed by atoms with Gasteiger partial charge in [-0.2, -0.15) is 13.2 Å². The van der Waals surface area contributed by atoms with Crippen LogP contribution >= 0.6 is 15.9 Å². The zero-order chi connectivity index (χ0) is 14.5. The van der Waals surface area contributed by atoms with Gasteiger partial charge in [0.1, 0.15) is 6.61 Å². The Morgan fingerprint density at radius 3 is 2.79 bits per heavy atom.